The molecule has 2 aliphatic heterocycles. The van der Waals surface area contributed by atoms with Crippen molar-refractivity contribution >= 4 is 36.4 Å². The smallest absolute Gasteiger partial charge is 0.123 e. The molecule has 1 atom stereocenters. The van der Waals surface area contributed by atoms with E-state index < -0.39 is 0 Å². The number of nitrogens with zero attached hydrogens (tertiary/aromatic N) is 1. The summed E-state index contributed by atoms with van der Waals surface area (Å²) in [5.41, 5.74) is 0.936. The van der Waals surface area contributed by atoms with Crippen LogP contribution in [-0.4, -0.2) is 44.3 Å². The van der Waals surface area contributed by atoms with E-state index in [1.165, 1.54) is 6.07 Å². The van der Waals surface area contributed by atoms with E-state index in [0.717, 1.165) is 57.8 Å². The van der Waals surface area contributed by atoms with E-state index >= 15 is 0 Å². The number of rotatable bonds is 3. The molecule has 0 radical (unpaired) electrons. The van der Waals surface area contributed by atoms with Crippen LogP contribution >= 0.6 is 36.4 Å². The highest BCUT2D eigenvalue weighted by Crippen LogP contribution is 2.38. The summed E-state index contributed by atoms with van der Waals surface area (Å²) >= 11 is 6.39. The van der Waals surface area contributed by atoms with Crippen molar-refractivity contribution in [2.75, 3.05) is 39.4 Å². The Labute approximate surface area is 154 Å². The fourth-order valence-corrected chi connectivity index (χ4v) is 3.71. The van der Waals surface area contributed by atoms with E-state index in [0.29, 0.717) is 10.9 Å². The maximum Gasteiger partial charge on any atom is 0.123 e. The van der Waals surface area contributed by atoms with E-state index in [-0.39, 0.29) is 36.7 Å². The zero-order chi connectivity index (χ0) is 14.7. The van der Waals surface area contributed by atoms with Crippen molar-refractivity contribution in [2.24, 2.45) is 5.92 Å². The lowest BCUT2D eigenvalue weighted by Crippen LogP contribution is -2.47. The minimum absolute atomic E-state index is 0. The first kappa shape index (κ1) is 20.9. The van der Waals surface area contributed by atoms with Crippen LogP contribution in [0.5, 0.6) is 0 Å². The third kappa shape index (κ3) is 5.18. The molecule has 0 unspecified atom stereocenters. The van der Waals surface area contributed by atoms with Crippen molar-refractivity contribution in [1.82, 2.24) is 10.2 Å². The van der Waals surface area contributed by atoms with Crippen LogP contribution in [0.1, 0.15) is 24.4 Å². The van der Waals surface area contributed by atoms with E-state index in [4.69, 9.17) is 16.3 Å². The molecule has 23 heavy (non-hydrogen) atoms. The second-order valence-corrected chi connectivity index (χ2v) is 6.25. The van der Waals surface area contributed by atoms with Gasteiger partial charge in [0, 0.05) is 50.5 Å². The molecule has 2 heterocycles. The van der Waals surface area contributed by atoms with E-state index in [2.05, 4.69) is 10.2 Å². The summed E-state index contributed by atoms with van der Waals surface area (Å²) in [6.07, 6.45) is 2.03. The average Bonchev–Trinajstić information content (AvgIpc) is 2.53. The quantitative estimate of drug-likeness (QED) is 0.858. The molecule has 0 aliphatic carbocycles. The van der Waals surface area contributed by atoms with Crippen molar-refractivity contribution in [3.8, 4) is 0 Å². The molecule has 0 saturated carbocycles. The number of benzene rings is 1. The summed E-state index contributed by atoms with van der Waals surface area (Å²) in [6.45, 7) is 5.50. The maximum absolute atomic E-state index is 13.7. The molecule has 132 valence electrons. The van der Waals surface area contributed by atoms with Crippen LogP contribution in [0.15, 0.2) is 18.2 Å². The van der Waals surface area contributed by atoms with Crippen LogP contribution in [0.25, 0.3) is 0 Å². The summed E-state index contributed by atoms with van der Waals surface area (Å²) in [5.74, 6) is 0.276. The number of piperazine rings is 1. The van der Waals surface area contributed by atoms with Gasteiger partial charge in [0.1, 0.15) is 5.82 Å². The highest BCUT2D eigenvalue weighted by molar-refractivity contribution is 6.31. The average molecular weight is 386 g/mol. The van der Waals surface area contributed by atoms with Gasteiger partial charge in [0.25, 0.3) is 0 Å². The molecular formula is C16H24Cl3FN2O. The van der Waals surface area contributed by atoms with E-state index in [1.807, 2.05) is 0 Å². The van der Waals surface area contributed by atoms with Gasteiger partial charge in [-0.1, -0.05) is 11.6 Å². The molecule has 1 aromatic rings. The molecule has 3 rings (SSSR count). The number of nitrogens with one attached hydrogen (secondary N) is 1. The van der Waals surface area contributed by atoms with Gasteiger partial charge in [0.15, 0.2) is 0 Å². The SMILES string of the molecule is Cl.Cl.Fc1ccc(Cl)c([C@H](C2CCOCC2)N2CCNCC2)c1. The molecule has 3 nitrogen and oxygen atoms in total. The second kappa shape index (κ2) is 10.0. The number of hydrogen-bond donors (Lipinski definition) is 1. The Kier molecular flexibility index (Phi) is 9.12. The Morgan fingerprint density at radius 2 is 1.83 bits per heavy atom. The summed E-state index contributed by atoms with van der Waals surface area (Å²) < 4.78 is 19.2. The van der Waals surface area contributed by atoms with Crippen LogP contribution in [0, 0.1) is 11.7 Å². The third-order valence-electron chi connectivity index (χ3n) is 4.53. The zero-order valence-corrected chi connectivity index (χ0v) is 15.4. The number of ether oxygens (including phenoxy) is 1. The van der Waals surface area contributed by atoms with Crippen molar-refractivity contribution in [3.05, 3.63) is 34.6 Å². The lowest BCUT2D eigenvalue weighted by atomic mass is 9.85. The molecule has 0 spiro atoms. The standard InChI is InChI=1S/C16H22ClFN2O.2ClH/c17-15-2-1-13(18)11-14(15)16(12-3-9-21-10-4-12)20-7-5-19-6-8-20;;/h1-2,11-12,16,19H,3-10H2;2*1H/t16-;;/m0../s1. The van der Waals surface area contributed by atoms with Crippen molar-refractivity contribution in [1.29, 1.82) is 0 Å². The molecule has 2 saturated heterocycles. The van der Waals surface area contributed by atoms with Gasteiger partial charge in [-0.05, 0) is 42.5 Å². The van der Waals surface area contributed by atoms with Crippen LogP contribution in [0.2, 0.25) is 5.02 Å². The molecule has 7 heteroatoms. The van der Waals surface area contributed by atoms with Crippen LogP contribution in [0.3, 0.4) is 0 Å². The van der Waals surface area contributed by atoms with Crippen molar-refractivity contribution < 1.29 is 9.13 Å². The molecule has 1 N–H and O–H groups in total. The number of halogens is 4. The summed E-state index contributed by atoms with van der Waals surface area (Å²) in [6, 6.07) is 4.93. The molecule has 0 aromatic heterocycles. The Hall–Kier alpha value is -0.100. The highest BCUT2D eigenvalue weighted by atomic mass is 35.5. The largest absolute Gasteiger partial charge is 0.381 e. The second-order valence-electron chi connectivity index (χ2n) is 5.85. The first-order valence-electron chi connectivity index (χ1n) is 7.73. The fourth-order valence-electron chi connectivity index (χ4n) is 3.48. The maximum atomic E-state index is 13.7. The Morgan fingerprint density at radius 3 is 2.48 bits per heavy atom. The summed E-state index contributed by atoms with van der Waals surface area (Å²) in [5, 5.41) is 4.05. The summed E-state index contributed by atoms with van der Waals surface area (Å²) in [7, 11) is 0. The van der Waals surface area contributed by atoms with Gasteiger partial charge in [-0.25, -0.2) is 4.39 Å². The van der Waals surface area contributed by atoms with Crippen LogP contribution in [0.4, 0.5) is 4.39 Å². The van der Waals surface area contributed by atoms with Crippen LogP contribution in [-0.2, 0) is 4.74 Å². The topological polar surface area (TPSA) is 24.5 Å². The lowest BCUT2D eigenvalue weighted by molar-refractivity contribution is 0.0212. The van der Waals surface area contributed by atoms with Gasteiger partial charge in [-0.15, -0.1) is 24.8 Å². The Morgan fingerprint density at radius 1 is 1.17 bits per heavy atom. The van der Waals surface area contributed by atoms with Crippen molar-refractivity contribution in [2.45, 2.75) is 18.9 Å². The Bertz CT molecular complexity index is 462. The highest BCUT2D eigenvalue weighted by Gasteiger charge is 2.32. The van der Waals surface area contributed by atoms with Gasteiger partial charge in [-0.2, -0.15) is 0 Å². The predicted octanol–water partition coefficient (Wildman–Crippen LogP) is 3.70. The molecule has 2 aliphatic rings. The fraction of sp³-hybridized carbons (Fsp3) is 0.625. The molecule has 2 fully saturated rings. The minimum Gasteiger partial charge on any atom is -0.381 e. The van der Waals surface area contributed by atoms with Crippen LogP contribution < -0.4 is 5.32 Å². The molecule has 0 bridgehead atoms. The van der Waals surface area contributed by atoms with Gasteiger partial charge in [0.05, 0.1) is 0 Å². The van der Waals surface area contributed by atoms with Gasteiger partial charge < -0.3 is 10.1 Å². The van der Waals surface area contributed by atoms with Gasteiger partial charge in [0.2, 0.25) is 0 Å². The van der Waals surface area contributed by atoms with Gasteiger partial charge in [-0.3, -0.25) is 4.90 Å². The normalized spacial score (nSPS) is 21.1. The monoisotopic (exact) mass is 384 g/mol. The third-order valence-corrected chi connectivity index (χ3v) is 4.88. The minimum atomic E-state index is -0.207. The lowest BCUT2D eigenvalue weighted by Gasteiger charge is -2.41. The zero-order valence-electron chi connectivity index (χ0n) is 13.0. The first-order chi connectivity index (χ1) is 10.3. The Balaban J connectivity index is 0.00000132. The predicted molar refractivity (Wildman–Crippen MR) is 96.6 cm³/mol. The van der Waals surface area contributed by atoms with E-state index in [1.54, 1.807) is 12.1 Å². The number of hydrogen-bond acceptors (Lipinski definition) is 3. The molecular weight excluding hydrogens is 362 g/mol. The van der Waals surface area contributed by atoms with Gasteiger partial charge >= 0.3 is 0 Å². The van der Waals surface area contributed by atoms with Crippen molar-refractivity contribution in [3.63, 3.8) is 0 Å². The molecule has 1 aromatic carbocycles. The summed E-state index contributed by atoms with van der Waals surface area (Å²) in [4.78, 5) is 2.45. The van der Waals surface area contributed by atoms with E-state index in [9.17, 15) is 4.39 Å². The molecule has 0 amide bonds. The first-order valence-corrected chi connectivity index (χ1v) is 8.11.